The van der Waals surface area contributed by atoms with E-state index in [9.17, 15) is 8.42 Å². The van der Waals surface area contributed by atoms with Crippen LogP contribution in [-0.4, -0.2) is 14.5 Å². The van der Waals surface area contributed by atoms with E-state index in [1.807, 2.05) is 29.1 Å². The average Bonchev–Trinajstić information content (AvgIpc) is 2.95. The lowest BCUT2D eigenvalue weighted by Crippen LogP contribution is -2.27. The molecule has 1 aliphatic rings. The third kappa shape index (κ3) is 3.73. The van der Waals surface area contributed by atoms with Crippen LogP contribution in [0.2, 0.25) is 0 Å². The van der Waals surface area contributed by atoms with Gasteiger partial charge in [-0.05, 0) is 53.6 Å². The first kappa shape index (κ1) is 15.2. The molecular formula is C14H18N2O2S3. The lowest BCUT2D eigenvalue weighted by Gasteiger charge is -2.13. The normalized spacial score (nSPS) is 17.0. The molecule has 7 heteroatoms. The number of hydrogen-bond donors (Lipinski definition) is 2. The summed E-state index contributed by atoms with van der Waals surface area (Å²) in [6.45, 7) is 2.50. The van der Waals surface area contributed by atoms with E-state index in [0.717, 1.165) is 10.4 Å². The zero-order valence-electron chi connectivity index (χ0n) is 11.7. The van der Waals surface area contributed by atoms with Gasteiger partial charge < -0.3 is 5.32 Å². The fraction of sp³-hybridized carbons (Fsp3) is 0.429. The molecule has 0 bridgehead atoms. The Morgan fingerprint density at radius 1 is 1.33 bits per heavy atom. The minimum atomic E-state index is -3.48. The summed E-state index contributed by atoms with van der Waals surface area (Å²) in [5.74, 6) is 0. The van der Waals surface area contributed by atoms with Gasteiger partial charge in [-0.1, -0.05) is 0 Å². The maximum absolute atomic E-state index is 12.6. The molecule has 4 nitrogen and oxygen atoms in total. The molecule has 1 fully saturated rings. The molecule has 0 spiro atoms. The Morgan fingerprint density at radius 3 is 2.81 bits per heavy atom. The molecule has 2 N–H and O–H groups in total. The summed E-state index contributed by atoms with van der Waals surface area (Å²) >= 11 is 3.06. The first-order valence-corrected chi connectivity index (χ1v) is 10.2. The number of thiophene rings is 2. The van der Waals surface area contributed by atoms with E-state index >= 15 is 0 Å². The van der Waals surface area contributed by atoms with Gasteiger partial charge in [0.2, 0.25) is 10.0 Å². The lowest BCUT2D eigenvalue weighted by atomic mass is 10.2. The molecule has 3 rings (SSSR count). The van der Waals surface area contributed by atoms with E-state index in [2.05, 4.69) is 10.0 Å². The van der Waals surface area contributed by atoms with E-state index in [4.69, 9.17) is 0 Å². The van der Waals surface area contributed by atoms with E-state index in [0.29, 0.717) is 17.5 Å². The highest BCUT2D eigenvalue weighted by atomic mass is 32.2. The molecule has 1 saturated carbocycles. The SMILES string of the molecule is CC(NS(=O)(=O)c1ccsc1CNC1CC1)c1ccsc1. The van der Waals surface area contributed by atoms with Crippen LogP contribution in [0, 0.1) is 0 Å². The number of rotatable bonds is 7. The molecule has 21 heavy (non-hydrogen) atoms. The molecule has 0 amide bonds. The highest BCUT2D eigenvalue weighted by molar-refractivity contribution is 7.89. The second kappa shape index (κ2) is 6.18. The van der Waals surface area contributed by atoms with Gasteiger partial charge in [-0.15, -0.1) is 11.3 Å². The smallest absolute Gasteiger partial charge is 0.242 e. The van der Waals surface area contributed by atoms with Gasteiger partial charge in [0.05, 0.1) is 4.90 Å². The van der Waals surface area contributed by atoms with E-state index in [1.165, 1.54) is 24.2 Å². The molecule has 2 aromatic heterocycles. The molecular weight excluding hydrogens is 324 g/mol. The predicted octanol–water partition coefficient (Wildman–Crippen LogP) is 3.10. The highest BCUT2D eigenvalue weighted by Gasteiger charge is 2.25. The fourth-order valence-electron chi connectivity index (χ4n) is 2.11. The molecule has 2 heterocycles. The van der Waals surface area contributed by atoms with Crippen molar-refractivity contribution in [2.75, 3.05) is 0 Å². The zero-order valence-corrected chi connectivity index (χ0v) is 14.2. The van der Waals surface area contributed by atoms with Gasteiger partial charge in [0, 0.05) is 23.5 Å². The lowest BCUT2D eigenvalue weighted by molar-refractivity contribution is 0.565. The Hall–Kier alpha value is -0.730. The fourth-order valence-corrected chi connectivity index (χ4v) is 5.49. The molecule has 2 aromatic rings. The van der Waals surface area contributed by atoms with Crippen LogP contribution in [0.3, 0.4) is 0 Å². The summed E-state index contributed by atoms with van der Waals surface area (Å²) in [5.41, 5.74) is 0.997. The predicted molar refractivity (Wildman–Crippen MR) is 87.2 cm³/mol. The van der Waals surface area contributed by atoms with Gasteiger partial charge in [0.25, 0.3) is 0 Å². The topological polar surface area (TPSA) is 58.2 Å². The van der Waals surface area contributed by atoms with Crippen molar-refractivity contribution in [2.24, 2.45) is 0 Å². The minimum absolute atomic E-state index is 0.217. The van der Waals surface area contributed by atoms with Crippen LogP contribution >= 0.6 is 22.7 Å². The van der Waals surface area contributed by atoms with Crippen LogP contribution in [0.4, 0.5) is 0 Å². The van der Waals surface area contributed by atoms with Crippen LogP contribution in [0.25, 0.3) is 0 Å². The van der Waals surface area contributed by atoms with Crippen LogP contribution in [0.15, 0.2) is 33.2 Å². The van der Waals surface area contributed by atoms with Crippen molar-refractivity contribution in [3.05, 3.63) is 38.7 Å². The van der Waals surface area contributed by atoms with Crippen LogP contribution in [-0.2, 0) is 16.6 Å². The molecule has 0 saturated heterocycles. The number of hydrogen-bond acceptors (Lipinski definition) is 5. The van der Waals surface area contributed by atoms with Gasteiger partial charge in [0.1, 0.15) is 0 Å². The van der Waals surface area contributed by atoms with Gasteiger partial charge in [-0.25, -0.2) is 13.1 Å². The summed E-state index contributed by atoms with van der Waals surface area (Å²) in [6.07, 6.45) is 2.39. The minimum Gasteiger partial charge on any atom is -0.309 e. The monoisotopic (exact) mass is 342 g/mol. The molecule has 0 aliphatic heterocycles. The van der Waals surface area contributed by atoms with Crippen molar-refractivity contribution in [3.8, 4) is 0 Å². The third-order valence-electron chi connectivity index (χ3n) is 3.50. The maximum atomic E-state index is 12.6. The Labute approximate surface area is 133 Å². The summed E-state index contributed by atoms with van der Waals surface area (Å²) < 4.78 is 27.9. The van der Waals surface area contributed by atoms with Crippen LogP contribution in [0.1, 0.15) is 36.2 Å². The van der Waals surface area contributed by atoms with Gasteiger partial charge in [-0.3, -0.25) is 0 Å². The van der Waals surface area contributed by atoms with Crippen molar-refractivity contribution in [1.82, 2.24) is 10.0 Å². The Bertz CT molecular complexity index is 688. The Kier molecular flexibility index (Phi) is 4.46. The van der Waals surface area contributed by atoms with E-state index in [1.54, 1.807) is 17.4 Å². The van der Waals surface area contributed by atoms with Crippen molar-refractivity contribution >= 4 is 32.7 Å². The quantitative estimate of drug-likeness (QED) is 0.813. The van der Waals surface area contributed by atoms with Crippen molar-refractivity contribution in [1.29, 1.82) is 0 Å². The summed E-state index contributed by atoms with van der Waals surface area (Å²) in [4.78, 5) is 1.29. The maximum Gasteiger partial charge on any atom is 0.242 e. The van der Waals surface area contributed by atoms with Gasteiger partial charge in [-0.2, -0.15) is 11.3 Å². The van der Waals surface area contributed by atoms with Crippen molar-refractivity contribution in [3.63, 3.8) is 0 Å². The van der Waals surface area contributed by atoms with Gasteiger partial charge in [0.15, 0.2) is 0 Å². The first-order chi connectivity index (χ1) is 10.1. The van der Waals surface area contributed by atoms with E-state index < -0.39 is 10.0 Å². The second-order valence-corrected chi connectivity index (χ2v) is 8.73. The molecule has 0 radical (unpaired) electrons. The van der Waals surface area contributed by atoms with Crippen LogP contribution in [0.5, 0.6) is 0 Å². The Balaban J connectivity index is 1.73. The Morgan fingerprint density at radius 2 is 2.14 bits per heavy atom. The van der Waals surface area contributed by atoms with Crippen LogP contribution < -0.4 is 10.0 Å². The third-order valence-corrected chi connectivity index (χ3v) is 6.87. The number of sulfonamides is 1. The second-order valence-electron chi connectivity index (χ2n) is 5.26. The summed E-state index contributed by atoms with van der Waals surface area (Å²) in [5, 5.41) is 9.14. The highest BCUT2D eigenvalue weighted by Crippen LogP contribution is 2.26. The first-order valence-electron chi connectivity index (χ1n) is 6.90. The standard InChI is InChI=1S/C14H18N2O2S3/c1-10(11-4-6-19-9-11)16-21(17,18)14-5-7-20-13(14)8-15-12-2-3-12/h4-7,9-10,12,15-16H,2-3,8H2,1H3. The number of nitrogens with one attached hydrogen (secondary N) is 2. The molecule has 1 aliphatic carbocycles. The molecule has 114 valence electrons. The van der Waals surface area contributed by atoms with E-state index in [-0.39, 0.29) is 6.04 Å². The van der Waals surface area contributed by atoms with Crippen molar-refractivity contribution < 1.29 is 8.42 Å². The molecule has 0 aromatic carbocycles. The summed E-state index contributed by atoms with van der Waals surface area (Å²) in [7, 11) is -3.48. The van der Waals surface area contributed by atoms with Crippen molar-refractivity contribution in [2.45, 2.75) is 43.3 Å². The molecule has 1 unspecified atom stereocenters. The largest absolute Gasteiger partial charge is 0.309 e. The average molecular weight is 343 g/mol. The van der Waals surface area contributed by atoms with Gasteiger partial charge >= 0.3 is 0 Å². The zero-order chi connectivity index (χ0) is 14.9. The summed E-state index contributed by atoms with van der Waals surface area (Å²) in [6, 6.07) is 3.99. The molecule has 1 atom stereocenters.